The Hall–Kier alpha value is -5.26. The monoisotopic (exact) mass is 654 g/mol. The number of allylic oxidation sites excluding steroid dienone is 2. The Kier molecular flexibility index (Phi) is 8.33. The molecule has 0 bridgehead atoms. The van der Waals surface area contributed by atoms with E-state index in [1.807, 2.05) is 48.8 Å². The third kappa shape index (κ3) is 5.78. The summed E-state index contributed by atoms with van der Waals surface area (Å²) < 4.78 is 0. The molecule has 0 N–H and O–H groups in total. The highest BCUT2D eigenvalue weighted by atomic mass is 28.3. The Morgan fingerprint density at radius 3 is 1.10 bits per heavy atom. The van der Waals surface area contributed by atoms with Crippen molar-refractivity contribution in [1.82, 2.24) is 19.9 Å². The smallest absolute Gasteiger partial charge is 0.115 e. The van der Waals surface area contributed by atoms with Gasteiger partial charge in [0.2, 0.25) is 0 Å². The number of hydrogen-bond acceptors (Lipinski definition) is 4. The first-order chi connectivity index (χ1) is 23.5. The molecule has 4 nitrogen and oxygen atoms in total. The van der Waals surface area contributed by atoms with Crippen LogP contribution in [0.15, 0.2) is 110 Å². The zero-order valence-corrected chi connectivity index (χ0v) is 30.7. The first kappa shape index (κ1) is 32.3. The maximum Gasteiger partial charge on any atom is 0.115 e. The molecule has 7 rings (SSSR count). The molecule has 5 heteroatoms. The second-order valence-corrected chi connectivity index (χ2v) is 18.2. The van der Waals surface area contributed by atoms with Gasteiger partial charge >= 0.3 is 0 Å². The average Bonchev–Trinajstić information content (AvgIpc) is 3.31. The van der Waals surface area contributed by atoms with Crippen molar-refractivity contribution in [3.63, 3.8) is 0 Å². The number of nitrogens with zero attached hydrogens (tertiary/aromatic N) is 4. The Bertz CT molecular complexity index is 2060. The van der Waals surface area contributed by atoms with Crippen LogP contribution in [0.25, 0.3) is 44.3 Å². The van der Waals surface area contributed by atoms with Gasteiger partial charge in [-0.1, -0.05) is 72.8 Å². The van der Waals surface area contributed by atoms with Crippen molar-refractivity contribution in [3.05, 3.63) is 165 Å². The van der Waals surface area contributed by atoms with E-state index in [2.05, 4.69) is 126 Å². The molecule has 0 aliphatic carbocycles. The molecule has 0 atom stereocenters. The average molecular weight is 655 g/mol. The minimum absolute atomic E-state index is 0.875. The standard InChI is InChI=1S/C44H42N4Si/c1-27-21-29(3)39(30(4)22-27)41-42(40-31(5)23-28(2)24-32(40)6)44(34-16-18-38(48-26-34)36-14-10-12-20-46-36)49(7,8)43(41)33-15-17-37(47-25-33)35-13-9-11-19-45-35/h9-26H,1-8H3. The number of hydrogen-bond donors (Lipinski definition) is 0. The largest absolute Gasteiger partial charge is 0.255 e. The summed E-state index contributed by atoms with van der Waals surface area (Å²) >= 11 is 0. The van der Waals surface area contributed by atoms with Crippen LogP contribution in [-0.4, -0.2) is 28.0 Å². The van der Waals surface area contributed by atoms with Crippen LogP contribution in [0.5, 0.6) is 0 Å². The zero-order chi connectivity index (χ0) is 34.4. The van der Waals surface area contributed by atoms with Gasteiger partial charge < -0.3 is 0 Å². The summed E-state index contributed by atoms with van der Waals surface area (Å²) in [6.07, 6.45) is 7.79. The molecule has 0 radical (unpaired) electrons. The highest BCUT2D eigenvalue weighted by Gasteiger charge is 2.45. The van der Waals surface area contributed by atoms with Gasteiger partial charge in [0.05, 0.1) is 22.8 Å². The van der Waals surface area contributed by atoms with Crippen LogP contribution in [-0.2, 0) is 0 Å². The van der Waals surface area contributed by atoms with E-state index in [-0.39, 0.29) is 0 Å². The van der Waals surface area contributed by atoms with Crippen LogP contribution in [0.4, 0.5) is 0 Å². The highest BCUT2D eigenvalue weighted by molar-refractivity contribution is 7.13. The van der Waals surface area contributed by atoms with Gasteiger partial charge in [0.25, 0.3) is 0 Å². The van der Waals surface area contributed by atoms with Crippen molar-refractivity contribution >= 4 is 29.6 Å². The molecular formula is C44H42N4Si. The number of rotatable bonds is 6. The van der Waals surface area contributed by atoms with Gasteiger partial charge in [-0.2, -0.15) is 0 Å². The minimum atomic E-state index is -2.44. The lowest BCUT2D eigenvalue weighted by atomic mass is 9.82. The molecule has 1 aliphatic rings. The van der Waals surface area contributed by atoms with Gasteiger partial charge in [-0.25, -0.2) is 0 Å². The van der Waals surface area contributed by atoms with Gasteiger partial charge in [0.1, 0.15) is 8.07 Å². The van der Waals surface area contributed by atoms with E-state index >= 15 is 0 Å². The topological polar surface area (TPSA) is 51.6 Å². The number of pyridine rings is 4. The van der Waals surface area contributed by atoms with E-state index in [0.29, 0.717) is 0 Å². The molecule has 49 heavy (non-hydrogen) atoms. The molecular weight excluding hydrogens is 613 g/mol. The van der Waals surface area contributed by atoms with E-state index in [9.17, 15) is 0 Å². The molecule has 0 saturated carbocycles. The van der Waals surface area contributed by atoms with Crippen LogP contribution in [0.3, 0.4) is 0 Å². The summed E-state index contributed by atoms with van der Waals surface area (Å²) in [6.45, 7) is 18.5. The molecule has 0 spiro atoms. The fourth-order valence-electron chi connectivity index (χ4n) is 8.07. The molecule has 1 aliphatic heterocycles. The third-order valence-corrected chi connectivity index (χ3v) is 13.4. The fraction of sp³-hybridized carbons (Fsp3) is 0.182. The molecule has 6 aromatic rings. The SMILES string of the molecule is Cc1cc(C)c(C2=C(c3ccc(-c4ccccn4)nc3)[Si](C)(C)C(c3ccc(-c4ccccn4)nc3)=C2c2c(C)cc(C)cc2C)c(C)c1. The molecule has 242 valence electrons. The Morgan fingerprint density at radius 1 is 0.429 bits per heavy atom. The maximum atomic E-state index is 5.02. The second-order valence-electron chi connectivity index (χ2n) is 14.0. The van der Waals surface area contributed by atoms with Gasteiger partial charge in [-0.15, -0.1) is 0 Å². The Balaban J connectivity index is 1.56. The van der Waals surface area contributed by atoms with E-state index < -0.39 is 8.07 Å². The summed E-state index contributed by atoms with van der Waals surface area (Å²) in [5, 5.41) is 2.81. The zero-order valence-electron chi connectivity index (χ0n) is 29.7. The third-order valence-electron chi connectivity index (χ3n) is 9.81. The number of aromatic nitrogens is 4. The van der Waals surface area contributed by atoms with Crippen molar-refractivity contribution < 1.29 is 0 Å². The van der Waals surface area contributed by atoms with E-state index in [1.165, 1.54) is 77.2 Å². The second kappa shape index (κ2) is 12.6. The number of benzene rings is 2. The van der Waals surface area contributed by atoms with Gasteiger partial charge in [0, 0.05) is 24.8 Å². The van der Waals surface area contributed by atoms with Crippen molar-refractivity contribution in [1.29, 1.82) is 0 Å². The van der Waals surface area contributed by atoms with Crippen molar-refractivity contribution in [2.24, 2.45) is 0 Å². The predicted molar refractivity (Wildman–Crippen MR) is 207 cm³/mol. The lowest BCUT2D eigenvalue weighted by Crippen LogP contribution is -2.28. The van der Waals surface area contributed by atoms with Gasteiger partial charge in [0.15, 0.2) is 0 Å². The first-order valence-electron chi connectivity index (χ1n) is 17.0. The first-order valence-corrected chi connectivity index (χ1v) is 20.0. The number of aryl methyl sites for hydroxylation is 6. The van der Waals surface area contributed by atoms with Crippen LogP contribution in [0, 0.1) is 41.5 Å². The maximum absolute atomic E-state index is 5.02. The lowest BCUT2D eigenvalue weighted by Gasteiger charge is -2.26. The van der Waals surface area contributed by atoms with Crippen molar-refractivity contribution in [3.8, 4) is 22.8 Å². The molecule has 0 unspecified atom stereocenters. The Labute approximate surface area is 291 Å². The summed E-state index contributed by atoms with van der Waals surface area (Å²) in [4.78, 5) is 19.2. The van der Waals surface area contributed by atoms with Crippen LogP contribution in [0.1, 0.15) is 55.6 Å². The summed E-state index contributed by atoms with van der Waals surface area (Å²) in [5.41, 5.74) is 18.8. The van der Waals surface area contributed by atoms with Gasteiger partial charge in [-0.05, 0) is 144 Å². The van der Waals surface area contributed by atoms with Crippen molar-refractivity contribution in [2.75, 3.05) is 0 Å². The normalized spacial score (nSPS) is 14.1. The van der Waals surface area contributed by atoms with E-state index in [4.69, 9.17) is 9.97 Å². The van der Waals surface area contributed by atoms with E-state index in [1.54, 1.807) is 0 Å². The minimum Gasteiger partial charge on any atom is -0.255 e. The molecule has 0 saturated heterocycles. The van der Waals surface area contributed by atoms with Crippen LogP contribution < -0.4 is 0 Å². The molecule has 2 aromatic carbocycles. The fourth-order valence-corrected chi connectivity index (χ4v) is 11.8. The molecule has 0 fully saturated rings. The van der Waals surface area contributed by atoms with E-state index in [0.717, 1.165) is 22.8 Å². The van der Waals surface area contributed by atoms with Crippen LogP contribution >= 0.6 is 0 Å². The summed E-state index contributed by atoms with van der Waals surface area (Å²) in [7, 11) is -2.44. The quantitative estimate of drug-likeness (QED) is 0.168. The Morgan fingerprint density at radius 2 is 0.796 bits per heavy atom. The van der Waals surface area contributed by atoms with Gasteiger partial charge in [-0.3, -0.25) is 19.9 Å². The summed E-state index contributed by atoms with van der Waals surface area (Å²) in [5.74, 6) is 0. The predicted octanol–water partition coefficient (Wildman–Crippen LogP) is 10.8. The molecule has 4 aromatic heterocycles. The molecule has 0 amide bonds. The summed E-state index contributed by atoms with van der Waals surface area (Å²) in [6, 6.07) is 30.0. The molecule has 5 heterocycles. The van der Waals surface area contributed by atoms with Crippen LogP contribution in [0.2, 0.25) is 13.1 Å². The van der Waals surface area contributed by atoms with Crippen molar-refractivity contribution in [2.45, 2.75) is 54.6 Å². The highest BCUT2D eigenvalue weighted by Crippen LogP contribution is 2.57. The lowest BCUT2D eigenvalue weighted by molar-refractivity contribution is 1.24.